The molecule has 0 aliphatic rings. The third-order valence-electron chi connectivity index (χ3n) is 2.35. The number of carboxylic acids is 1. The Bertz CT molecular complexity index is 536. The van der Waals surface area contributed by atoms with Gasteiger partial charge in [-0.1, -0.05) is 11.6 Å². The molecule has 3 N–H and O–H groups in total. The van der Waals surface area contributed by atoms with Crippen LogP contribution in [-0.4, -0.2) is 39.9 Å². The Balaban J connectivity index is 2.48. The molecule has 110 valence electrons. The summed E-state index contributed by atoms with van der Waals surface area (Å²) in [6.45, 7) is 0.409. The fourth-order valence-electron chi connectivity index (χ4n) is 1.42. The molecule has 0 spiro atoms. The molecule has 0 bridgehead atoms. The van der Waals surface area contributed by atoms with Gasteiger partial charge in [0.05, 0.1) is 10.6 Å². The summed E-state index contributed by atoms with van der Waals surface area (Å²) in [5, 5.41) is 14.0. The van der Waals surface area contributed by atoms with Gasteiger partial charge in [-0.05, 0) is 24.6 Å². The Kier molecular flexibility index (Phi) is 6.47. The summed E-state index contributed by atoms with van der Waals surface area (Å²) < 4.78 is 10.8. The van der Waals surface area contributed by atoms with Gasteiger partial charge in [-0.3, -0.25) is 4.21 Å². The van der Waals surface area contributed by atoms with Gasteiger partial charge in [0.2, 0.25) is 0 Å². The molecule has 1 unspecified atom stereocenters. The minimum Gasteiger partial charge on any atom is -0.478 e. The maximum absolute atomic E-state index is 11.5. The summed E-state index contributed by atoms with van der Waals surface area (Å²) in [7, 11) is -0.873. The first-order valence-electron chi connectivity index (χ1n) is 5.78. The monoisotopic (exact) mass is 318 g/mol. The summed E-state index contributed by atoms with van der Waals surface area (Å²) in [4.78, 5) is 22.3. The molecule has 0 aromatic heterocycles. The predicted molar refractivity (Wildman–Crippen MR) is 79.0 cm³/mol. The van der Waals surface area contributed by atoms with Crippen LogP contribution in [0.1, 0.15) is 16.8 Å². The highest BCUT2D eigenvalue weighted by Gasteiger charge is 2.10. The van der Waals surface area contributed by atoms with Gasteiger partial charge in [0.15, 0.2) is 0 Å². The third kappa shape index (κ3) is 5.58. The molecule has 0 saturated heterocycles. The molecule has 0 aliphatic heterocycles. The number of carbonyl (C=O) groups excluding carboxylic acids is 1. The van der Waals surface area contributed by atoms with Gasteiger partial charge < -0.3 is 15.7 Å². The molecule has 0 saturated carbocycles. The smallest absolute Gasteiger partial charge is 0.337 e. The van der Waals surface area contributed by atoms with Crippen molar-refractivity contribution >= 4 is 40.1 Å². The highest BCUT2D eigenvalue weighted by Crippen LogP contribution is 2.20. The molecule has 0 heterocycles. The highest BCUT2D eigenvalue weighted by atomic mass is 35.5. The van der Waals surface area contributed by atoms with Crippen LogP contribution < -0.4 is 10.6 Å². The van der Waals surface area contributed by atoms with Crippen LogP contribution in [-0.2, 0) is 10.8 Å². The number of halogens is 1. The maximum Gasteiger partial charge on any atom is 0.337 e. The van der Waals surface area contributed by atoms with Crippen molar-refractivity contribution in [3.63, 3.8) is 0 Å². The van der Waals surface area contributed by atoms with Crippen LogP contribution in [0.25, 0.3) is 0 Å². The second-order valence-electron chi connectivity index (χ2n) is 4.01. The lowest BCUT2D eigenvalue weighted by Gasteiger charge is -2.08. The molecule has 0 fully saturated rings. The molecule has 6 nitrogen and oxygen atoms in total. The molecule has 20 heavy (non-hydrogen) atoms. The molecular weight excluding hydrogens is 304 g/mol. The van der Waals surface area contributed by atoms with E-state index in [-0.39, 0.29) is 10.6 Å². The summed E-state index contributed by atoms with van der Waals surface area (Å²) in [5.74, 6) is -0.599. The molecule has 1 atom stereocenters. The van der Waals surface area contributed by atoms with Crippen molar-refractivity contribution in [2.24, 2.45) is 0 Å². The second-order valence-corrected chi connectivity index (χ2v) is 5.97. The maximum atomic E-state index is 11.5. The van der Waals surface area contributed by atoms with E-state index in [0.29, 0.717) is 24.4 Å². The van der Waals surface area contributed by atoms with E-state index in [1.807, 2.05) is 0 Å². The van der Waals surface area contributed by atoms with Crippen molar-refractivity contribution < 1.29 is 18.9 Å². The first-order chi connectivity index (χ1) is 9.40. The summed E-state index contributed by atoms with van der Waals surface area (Å²) in [6.07, 6.45) is 2.22. The number of carbonyl (C=O) groups is 2. The van der Waals surface area contributed by atoms with Crippen molar-refractivity contribution in [3.05, 3.63) is 28.8 Å². The number of hydrogen-bond acceptors (Lipinski definition) is 3. The summed E-state index contributed by atoms with van der Waals surface area (Å²) in [5.41, 5.74) is 0.375. The quantitative estimate of drug-likeness (QED) is 0.698. The van der Waals surface area contributed by atoms with Crippen LogP contribution in [0.2, 0.25) is 5.02 Å². The SMILES string of the molecule is CS(=O)CCCNC(=O)Nc1ccc(C(=O)O)c(Cl)c1. The lowest BCUT2D eigenvalue weighted by atomic mass is 10.2. The van der Waals surface area contributed by atoms with Crippen molar-refractivity contribution in [2.75, 3.05) is 23.9 Å². The lowest BCUT2D eigenvalue weighted by Crippen LogP contribution is -2.30. The van der Waals surface area contributed by atoms with E-state index in [4.69, 9.17) is 16.7 Å². The highest BCUT2D eigenvalue weighted by molar-refractivity contribution is 7.84. The molecule has 1 aromatic carbocycles. The minimum atomic E-state index is -1.13. The van der Waals surface area contributed by atoms with Crippen LogP contribution in [0.4, 0.5) is 10.5 Å². The van der Waals surface area contributed by atoms with Crippen LogP contribution in [0.3, 0.4) is 0 Å². The van der Waals surface area contributed by atoms with Gasteiger partial charge in [-0.2, -0.15) is 0 Å². The Labute approximate surface area is 124 Å². The molecule has 0 radical (unpaired) electrons. The van der Waals surface area contributed by atoms with E-state index in [2.05, 4.69) is 10.6 Å². The van der Waals surface area contributed by atoms with Crippen LogP contribution >= 0.6 is 11.6 Å². The van der Waals surface area contributed by atoms with Crippen LogP contribution in [0.15, 0.2) is 18.2 Å². The van der Waals surface area contributed by atoms with Crippen molar-refractivity contribution in [1.82, 2.24) is 5.32 Å². The van der Waals surface area contributed by atoms with E-state index in [1.165, 1.54) is 18.2 Å². The van der Waals surface area contributed by atoms with Crippen LogP contribution in [0, 0.1) is 0 Å². The van der Waals surface area contributed by atoms with Gasteiger partial charge in [0.1, 0.15) is 0 Å². The summed E-state index contributed by atoms with van der Waals surface area (Å²) >= 11 is 5.78. The van der Waals surface area contributed by atoms with E-state index < -0.39 is 22.8 Å². The van der Waals surface area contributed by atoms with E-state index in [9.17, 15) is 13.8 Å². The molecule has 0 aliphatic carbocycles. The first-order valence-corrected chi connectivity index (χ1v) is 7.88. The van der Waals surface area contributed by atoms with E-state index in [1.54, 1.807) is 6.26 Å². The zero-order valence-corrected chi connectivity index (χ0v) is 12.4. The molecular formula is C12H15ClN2O4S. The first kappa shape index (κ1) is 16.5. The minimum absolute atomic E-state index is 0.0250. The molecule has 1 rings (SSSR count). The normalized spacial score (nSPS) is 11.7. The second kappa shape index (κ2) is 7.86. The summed E-state index contributed by atoms with van der Waals surface area (Å²) in [6, 6.07) is 3.72. The average Bonchev–Trinajstić information content (AvgIpc) is 2.34. The van der Waals surface area contributed by atoms with Gasteiger partial charge in [0.25, 0.3) is 0 Å². The van der Waals surface area contributed by atoms with Crippen molar-refractivity contribution in [3.8, 4) is 0 Å². The standard InChI is InChI=1S/C12H15ClN2O4S/c1-20(19)6-2-5-14-12(18)15-8-3-4-9(11(16)17)10(13)7-8/h3-4,7H,2,5-6H2,1H3,(H,16,17)(H2,14,15,18). The number of amides is 2. The van der Waals surface area contributed by atoms with E-state index >= 15 is 0 Å². The number of aromatic carboxylic acids is 1. The van der Waals surface area contributed by atoms with Crippen molar-refractivity contribution in [2.45, 2.75) is 6.42 Å². The Hall–Kier alpha value is -1.60. The topological polar surface area (TPSA) is 95.5 Å². The number of benzene rings is 1. The molecule has 2 amide bonds. The fraction of sp³-hybridized carbons (Fsp3) is 0.333. The lowest BCUT2D eigenvalue weighted by molar-refractivity contribution is 0.0697. The average molecular weight is 319 g/mol. The number of anilines is 1. The molecule has 1 aromatic rings. The van der Waals surface area contributed by atoms with Crippen LogP contribution in [0.5, 0.6) is 0 Å². The Morgan fingerprint density at radius 3 is 2.65 bits per heavy atom. The number of hydrogen-bond donors (Lipinski definition) is 3. The third-order valence-corrected chi connectivity index (χ3v) is 3.53. The zero-order chi connectivity index (χ0) is 15.1. The van der Waals surface area contributed by atoms with Crippen molar-refractivity contribution in [1.29, 1.82) is 0 Å². The van der Waals surface area contributed by atoms with E-state index in [0.717, 1.165) is 0 Å². The van der Waals surface area contributed by atoms with Gasteiger partial charge >= 0.3 is 12.0 Å². The van der Waals surface area contributed by atoms with Gasteiger partial charge in [0, 0.05) is 35.0 Å². The van der Waals surface area contributed by atoms with Gasteiger partial charge in [-0.25, -0.2) is 9.59 Å². The fourth-order valence-corrected chi connectivity index (χ4v) is 2.23. The number of rotatable bonds is 6. The number of urea groups is 1. The Morgan fingerprint density at radius 1 is 1.40 bits per heavy atom. The number of carboxylic acid groups (broad SMARTS) is 1. The Morgan fingerprint density at radius 2 is 2.10 bits per heavy atom. The van der Waals surface area contributed by atoms with Gasteiger partial charge in [-0.15, -0.1) is 0 Å². The zero-order valence-electron chi connectivity index (χ0n) is 10.8. The number of nitrogens with one attached hydrogen (secondary N) is 2. The molecule has 8 heteroatoms. The largest absolute Gasteiger partial charge is 0.478 e. The predicted octanol–water partition coefficient (Wildman–Crippen LogP) is 1.93.